The summed E-state index contributed by atoms with van der Waals surface area (Å²) in [6.07, 6.45) is -3.09. The molecule has 0 aliphatic rings. The minimum atomic E-state index is -4.55. The van der Waals surface area contributed by atoms with E-state index in [9.17, 15) is 18.0 Å². The van der Waals surface area contributed by atoms with Gasteiger partial charge in [0.2, 0.25) is 0 Å². The van der Waals surface area contributed by atoms with E-state index in [0.717, 1.165) is 11.5 Å². The molecule has 1 heterocycles. The topological polar surface area (TPSA) is 42.0 Å². The molecule has 0 radical (unpaired) electrons. The largest absolute Gasteiger partial charge is 0.418 e. The van der Waals surface area contributed by atoms with Crippen LogP contribution in [0.15, 0.2) is 60.8 Å². The highest BCUT2D eigenvalue weighted by Gasteiger charge is 2.33. The number of rotatable bonds is 2. The maximum atomic E-state index is 13.0. The van der Waals surface area contributed by atoms with Gasteiger partial charge in [0, 0.05) is 11.6 Å². The van der Waals surface area contributed by atoms with Crippen molar-refractivity contribution in [1.82, 2.24) is 4.98 Å². The Kier molecular flexibility index (Phi) is 3.73. The molecule has 0 aliphatic carbocycles. The number of para-hydroxylation sites is 1. The van der Waals surface area contributed by atoms with Crippen molar-refractivity contribution in [2.45, 2.75) is 6.18 Å². The second-order valence-corrected chi connectivity index (χ2v) is 4.88. The number of hydrogen-bond acceptors (Lipinski definition) is 2. The molecule has 3 rings (SSSR count). The molecule has 116 valence electrons. The average Bonchev–Trinajstić information content (AvgIpc) is 2.54. The van der Waals surface area contributed by atoms with Crippen LogP contribution in [0.25, 0.3) is 10.8 Å². The summed E-state index contributed by atoms with van der Waals surface area (Å²) in [5.74, 6) is -0.682. The fourth-order valence-electron chi connectivity index (χ4n) is 2.32. The van der Waals surface area contributed by atoms with Crippen LogP contribution >= 0.6 is 0 Å². The van der Waals surface area contributed by atoms with E-state index in [1.165, 1.54) is 24.4 Å². The van der Waals surface area contributed by atoms with Crippen molar-refractivity contribution in [2.24, 2.45) is 0 Å². The standard InChI is InChI=1S/C17H11F3N2O/c18-17(19,20)13-7-3-4-8-14(13)22-16(23)15-12-6-2-1-5-11(12)9-10-21-15/h1-10H,(H,22,23). The number of hydrogen-bond donors (Lipinski definition) is 1. The Morgan fingerprint density at radius 2 is 1.65 bits per heavy atom. The zero-order valence-electron chi connectivity index (χ0n) is 11.8. The highest BCUT2D eigenvalue weighted by Crippen LogP contribution is 2.34. The zero-order valence-corrected chi connectivity index (χ0v) is 11.8. The van der Waals surface area contributed by atoms with Crippen molar-refractivity contribution in [3.8, 4) is 0 Å². The van der Waals surface area contributed by atoms with Crippen molar-refractivity contribution in [1.29, 1.82) is 0 Å². The van der Waals surface area contributed by atoms with Crippen molar-refractivity contribution in [2.75, 3.05) is 5.32 Å². The molecule has 3 aromatic rings. The second-order valence-electron chi connectivity index (χ2n) is 4.88. The van der Waals surface area contributed by atoms with E-state index in [4.69, 9.17) is 0 Å². The van der Waals surface area contributed by atoms with Gasteiger partial charge in [-0.2, -0.15) is 13.2 Å². The summed E-state index contributed by atoms with van der Waals surface area (Å²) in [7, 11) is 0. The van der Waals surface area contributed by atoms with E-state index in [2.05, 4.69) is 10.3 Å². The number of fused-ring (bicyclic) bond motifs is 1. The van der Waals surface area contributed by atoms with Crippen molar-refractivity contribution < 1.29 is 18.0 Å². The predicted molar refractivity (Wildman–Crippen MR) is 81.1 cm³/mol. The molecule has 0 spiro atoms. The smallest absolute Gasteiger partial charge is 0.320 e. The van der Waals surface area contributed by atoms with Gasteiger partial charge in [0.15, 0.2) is 0 Å². The molecule has 0 bridgehead atoms. The molecule has 1 N–H and O–H groups in total. The van der Waals surface area contributed by atoms with E-state index < -0.39 is 17.6 Å². The number of benzene rings is 2. The Balaban J connectivity index is 2.00. The third-order valence-electron chi connectivity index (χ3n) is 3.37. The maximum Gasteiger partial charge on any atom is 0.418 e. The van der Waals surface area contributed by atoms with Crippen LogP contribution in [0, 0.1) is 0 Å². The molecule has 2 aromatic carbocycles. The summed E-state index contributed by atoms with van der Waals surface area (Å²) < 4.78 is 39.0. The van der Waals surface area contributed by atoms with Crippen LogP contribution in [-0.2, 0) is 6.18 Å². The number of nitrogens with one attached hydrogen (secondary N) is 1. The number of halogens is 3. The van der Waals surface area contributed by atoms with Crippen molar-refractivity contribution in [3.05, 3.63) is 72.1 Å². The highest BCUT2D eigenvalue weighted by molar-refractivity contribution is 6.11. The lowest BCUT2D eigenvalue weighted by Gasteiger charge is -2.13. The first-order valence-electron chi connectivity index (χ1n) is 6.78. The fraction of sp³-hybridized carbons (Fsp3) is 0.0588. The van der Waals surface area contributed by atoms with Crippen LogP contribution < -0.4 is 5.32 Å². The molecule has 0 saturated carbocycles. The Bertz CT molecular complexity index is 870. The van der Waals surface area contributed by atoms with E-state index in [1.54, 1.807) is 24.3 Å². The van der Waals surface area contributed by atoms with Crippen LogP contribution in [0.1, 0.15) is 16.1 Å². The third kappa shape index (κ3) is 3.01. The second kappa shape index (κ2) is 5.72. The molecule has 6 heteroatoms. The average molecular weight is 316 g/mol. The van der Waals surface area contributed by atoms with E-state index in [-0.39, 0.29) is 11.4 Å². The first-order valence-corrected chi connectivity index (χ1v) is 6.78. The third-order valence-corrected chi connectivity index (χ3v) is 3.37. The summed E-state index contributed by atoms with van der Waals surface area (Å²) >= 11 is 0. The van der Waals surface area contributed by atoms with Crippen LogP contribution in [0.3, 0.4) is 0 Å². The first kappa shape index (κ1) is 15.0. The van der Waals surface area contributed by atoms with E-state index in [1.807, 2.05) is 6.07 Å². The SMILES string of the molecule is O=C(Nc1ccccc1C(F)(F)F)c1nccc2ccccc12. The van der Waals surface area contributed by atoms with Crippen LogP contribution in [0.5, 0.6) is 0 Å². The molecular weight excluding hydrogens is 305 g/mol. The van der Waals surface area contributed by atoms with Crippen molar-refractivity contribution >= 4 is 22.4 Å². The van der Waals surface area contributed by atoms with Crippen molar-refractivity contribution in [3.63, 3.8) is 0 Å². The maximum absolute atomic E-state index is 13.0. The minimum absolute atomic E-state index is 0.0834. The van der Waals surface area contributed by atoms with Gasteiger partial charge in [-0.1, -0.05) is 36.4 Å². The molecule has 0 unspecified atom stereocenters. The Hall–Kier alpha value is -2.89. The Morgan fingerprint density at radius 1 is 0.957 bits per heavy atom. The molecule has 23 heavy (non-hydrogen) atoms. The number of alkyl halides is 3. The molecule has 0 fully saturated rings. The summed E-state index contributed by atoms with van der Waals surface area (Å²) in [4.78, 5) is 16.4. The quantitative estimate of drug-likeness (QED) is 0.756. The lowest BCUT2D eigenvalue weighted by Crippen LogP contribution is -2.17. The van der Waals surface area contributed by atoms with Gasteiger partial charge in [0.25, 0.3) is 5.91 Å². The Morgan fingerprint density at radius 3 is 2.43 bits per heavy atom. The number of amides is 1. The van der Waals surface area contributed by atoms with Gasteiger partial charge in [0.1, 0.15) is 5.69 Å². The number of carbonyl (C=O) groups is 1. The summed E-state index contributed by atoms with van der Waals surface area (Å²) in [6.45, 7) is 0. The zero-order chi connectivity index (χ0) is 16.4. The normalized spacial score (nSPS) is 11.4. The van der Waals surface area contributed by atoms with E-state index >= 15 is 0 Å². The number of aromatic nitrogens is 1. The molecule has 0 atom stereocenters. The fourth-order valence-corrected chi connectivity index (χ4v) is 2.32. The lowest BCUT2D eigenvalue weighted by molar-refractivity contribution is -0.136. The van der Waals surface area contributed by atoms with Gasteiger partial charge in [-0.05, 0) is 23.6 Å². The van der Waals surface area contributed by atoms with Crippen LogP contribution in [0.4, 0.5) is 18.9 Å². The van der Waals surface area contributed by atoms with Gasteiger partial charge in [-0.3, -0.25) is 9.78 Å². The number of carbonyl (C=O) groups excluding carboxylic acids is 1. The summed E-state index contributed by atoms with van der Waals surface area (Å²) in [5.41, 5.74) is -1.10. The molecule has 0 aliphatic heterocycles. The van der Waals surface area contributed by atoms with Gasteiger partial charge in [-0.15, -0.1) is 0 Å². The number of nitrogens with zero attached hydrogens (tertiary/aromatic N) is 1. The number of anilines is 1. The van der Waals surface area contributed by atoms with Crippen LogP contribution in [-0.4, -0.2) is 10.9 Å². The highest BCUT2D eigenvalue weighted by atomic mass is 19.4. The molecular formula is C17H11F3N2O. The predicted octanol–water partition coefficient (Wildman–Crippen LogP) is 4.51. The molecule has 1 aromatic heterocycles. The van der Waals surface area contributed by atoms with Gasteiger partial charge in [0.05, 0.1) is 11.3 Å². The van der Waals surface area contributed by atoms with Gasteiger partial charge < -0.3 is 5.32 Å². The minimum Gasteiger partial charge on any atom is -0.320 e. The van der Waals surface area contributed by atoms with Gasteiger partial charge >= 0.3 is 6.18 Å². The first-order chi connectivity index (χ1) is 11.0. The van der Waals surface area contributed by atoms with Crippen LogP contribution in [0.2, 0.25) is 0 Å². The molecule has 3 nitrogen and oxygen atoms in total. The molecule has 0 saturated heterocycles. The lowest BCUT2D eigenvalue weighted by atomic mass is 10.1. The molecule has 1 amide bonds. The summed E-state index contributed by atoms with van der Waals surface area (Å²) in [6, 6.07) is 13.6. The number of pyridine rings is 1. The Labute approximate surface area is 129 Å². The van der Waals surface area contributed by atoms with E-state index in [0.29, 0.717) is 5.39 Å². The van der Waals surface area contributed by atoms with Gasteiger partial charge in [-0.25, -0.2) is 0 Å². The monoisotopic (exact) mass is 316 g/mol. The summed E-state index contributed by atoms with van der Waals surface area (Å²) in [5, 5.41) is 3.67.